The van der Waals surface area contributed by atoms with E-state index >= 15 is 0 Å². The molecule has 0 aliphatic heterocycles. The molecule has 0 N–H and O–H groups in total. The maximum atomic E-state index is 2.35. The molecule has 256 valence electrons. The molecule has 0 unspecified atom stereocenters. The first-order valence-electron chi connectivity index (χ1n) is 20.1. The third-order valence-electron chi connectivity index (χ3n) is 9.94. The van der Waals surface area contributed by atoms with Gasteiger partial charge in [-0.25, -0.2) is 0 Å². The Morgan fingerprint density at radius 2 is 0.357 bits per heavy atom. The van der Waals surface area contributed by atoms with Crippen LogP contribution in [-0.2, 0) is 0 Å². The minimum atomic E-state index is 0. The highest BCUT2D eigenvalue weighted by Crippen LogP contribution is 2.21. The largest absolute Gasteiger partial charge is 1.00 e. The van der Waals surface area contributed by atoms with Gasteiger partial charge in [-0.1, -0.05) is 182 Å². The van der Waals surface area contributed by atoms with E-state index in [9.17, 15) is 0 Å². The smallest absolute Gasteiger partial charge is 0.0786 e. The minimum absolute atomic E-state index is 0. The van der Waals surface area contributed by atoms with Crippen LogP contribution in [-0.4, -0.2) is 30.7 Å². The van der Waals surface area contributed by atoms with E-state index in [1.807, 2.05) is 0 Å². The molecule has 0 aromatic heterocycles. The SMILES string of the molecule is CCCCCCCCCCCCCCCC[N+](CCCCCCCC)(CCCCCCCC)CCCCCCCC.[Br-]. The summed E-state index contributed by atoms with van der Waals surface area (Å²) in [6.45, 7) is 15.3. The van der Waals surface area contributed by atoms with E-state index in [2.05, 4.69) is 27.7 Å². The van der Waals surface area contributed by atoms with Crippen LogP contribution in [0, 0.1) is 0 Å². The van der Waals surface area contributed by atoms with Crippen LogP contribution in [0.25, 0.3) is 0 Å². The van der Waals surface area contributed by atoms with Crippen LogP contribution < -0.4 is 17.0 Å². The fourth-order valence-electron chi connectivity index (χ4n) is 7.00. The summed E-state index contributed by atoms with van der Waals surface area (Å²) < 4.78 is 1.48. The molecule has 0 amide bonds. The van der Waals surface area contributed by atoms with Crippen molar-refractivity contribution in [2.45, 2.75) is 233 Å². The predicted molar refractivity (Wildman–Crippen MR) is 190 cm³/mol. The highest BCUT2D eigenvalue weighted by atomic mass is 79.9. The van der Waals surface area contributed by atoms with Crippen LogP contribution in [0.2, 0.25) is 0 Å². The highest BCUT2D eigenvalue weighted by Gasteiger charge is 2.25. The normalized spacial score (nSPS) is 11.7. The molecule has 1 nitrogen and oxygen atoms in total. The molecule has 0 saturated carbocycles. The van der Waals surface area contributed by atoms with Crippen molar-refractivity contribution in [1.82, 2.24) is 0 Å². The molecular weight excluding hydrogens is 574 g/mol. The first kappa shape index (κ1) is 44.6. The average molecular weight is 659 g/mol. The standard InChI is InChI=1S/C40H84N.BrH/c1-5-9-13-17-21-22-23-24-25-26-27-28-32-36-40-41(37-33-29-18-14-10-6-2,38-34-30-19-15-11-7-3)39-35-31-20-16-12-8-4;/h5-40H2,1-4H3;1H/q+1;/p-1. The van der Waals surface area contributed by atoms with Gasteiger partial charge in [0.1, 0.15) is 0 Å². The van der Waals surface area contributed by atoms with Crippen molar-refractivity contribution in [3.05, 3.63) is 0 Å². The third kappa shape index (κ3) is 31.9. The van der Waals surface area contributed by atoms with Crippen molar-refractivity contribution < 1.29 is 21.5 Å². The second-order valence-electron chi connectivity index (χ2n) is 14.1. The van der Waals surface area contributed by atoms with E-state index in [0.29, 0.717) is 0 Å². The van der Waals surface area contributed by atoms with E-state index in [1.165, 1.54) is 236 Å². The number of quaternary nitrogens is 1. The zero-order valence-corrected chi connectivity index (χ0v) is 31.9. The Labute approximate surface area is 279 Å². The topological polar surface area (TPSA) is 0 Å². The fraction of sp³-hybridized carbons (Fsp3) is 1.00. The number of nitrogens with zero attached hydrogens (tertiary/aromatic N) is 1. The first-order valence-corrected chi connectivity index (χ1v) is 20.1. The predicted octanol–water partition coefficient (Wildman–Crippen LogP) is 11.4. The average Bonchev–Trinajstić information content (AvgIpc) is 2.98. The number of hydrogen-bond donors (Lipinski definition) is 0. The van der Waals surface area contributed by atoms with Crippen molar-refractivity contribution in [2.24, 2.45) is 0 Å². The Balaban J connectivity index is 0. The Bertz CT molecular complexity index is 424. The molecule has 0 rings (SSSR count). The van der Waals surface area contributed by atoms with Crippen LogP contribution in [0.1, 0.15) is 233 Å². The lowest BCUT2D eigenvalue weighted by molar-refractivity contribution is -0.929. The molecule has 2 heteroatoms. The van der Waals surface area contributed by atoms with Gasteiger partial charge in [0.2, 0.25) is 0 Å². The monoisotopic (exact) mass is 658 g/mol. The van der Waals surface area contributed by atoms with Gasteiger partial charge in [0.05, 0.1) is 26.2 Å². The number of unbranched alkanes of at least 4 members (excludes halogenated alkanes) is 28. The van der Waals surface area contributed by atoms with E-state index in [0.717, 1.165) is 0 Å². The van der Waals surface area contributed by atoms with Gasteiger partial charge in [-0.2, -0.15) is 0 Å². The molecular formula is C40H84BrN. The van der Waals surface area contributed by atoms with Gasteiger partial charge >= 0.3 is 0 Å². The quantitative estimate of drug-likeness (QED) is 0.0464. The van der Waals surface area contributed by atoms with Crippen LogP contribution in [0.5, 0.6) is 0 Å². The second kappa shape index (κ2) is 37.6. The molecule has 0 heterocycles. The molecule has 0 saturated heterocycles. The summed E-state index contributed by atoms with van der Waals surface area (Å²) in [5.74, 6) is 0. The van der Waals surface area contributed by atoms with Gasteiger partial charge in [-0.05, 0) is 51.4 Å². The van der Waals surface area contributed by atoms with Crippen LogP contribution >= 0.6 is 0 Å². The summed E-state index contributed by atoms with van der Waals surface area (Å²) in [4.78, 5) is 0. The molecule has 0 atom stereocenters. The molecule has 0 aromatic rings. The third-order valence-corrected chi connectivity index (χ3v) is 9.94. The summed E-state index contributed by atoms with van der Waals surface area (Å²) in [5.41, 5.74) is 0. The van der Waals surface area contributed by atoms with Crippen molar-refractivity contribution in [3.8, 4) is 0 Å². The fourth-order valence-corrected chi connectivity index (χ4v) is 7.00. The Morgan fingerprint density at radius 1 is 0.214 bits per heavy atom. The lowest BCUT2D eigenvalue weighted by Crippen LogP contribution is -3.00. The van der Waals surface area contributed by atoms with Crippen molar-refractivity contribution in [3.63, 3.8) is 0 Å². The van der Waals surface area contributed by atoms with Gasteiger partial charge in [-0.3, -0.25) is 0 Å². The summed E-state index contributed by atoms with van der Waals surface area (Å²) in [5, 5.41) is 0. The first-order chi connectivity index (χ1) is 20.2. The maximum absolute atomic E-state index is 2.35. The van der Waals surface area contributed by atoms with Gasteiger partial charge in [0, 0.05) is 0 Å². The van der Waals surface area contributed by atoms with Crippen LogP contribution in [0.3, 0.4) is 0 Å². The van der Waals surface area contributed by atoms with Crippen molar-refractivity contribution >= 4 is 0 Å². The Hall–Kier alpha value is 0.440. The lowest BCUT2D eigenvalue weighted by atomic mass is 10.0. The van der Waals surface area contributed by atoms with Gasteiger partial charge in [0.15, 0.2) is 0 Å². The molecule has 0 bridgehead atoms. The second-order valence-corrected chi connectivity index (χ2v) is 14.1. The van der Waals surface area contributed by atoms with Crippen LogP contribution in [0.4, 0.5) is 0 Å². The number of halogens is 1. The summed E-state index contributed by atoms with van der Waals surface area (Å²) in [6.07, 6.45) is 46.7. The minimum Gasteiger partial charge on any atom is -1.00 e. The molecule has 42 heavy (non-hydrogen) atoms. The van der Waals surface area contributed by atoms with Crippen molar-refractivity contribution in [1.29, 1.82) is 0 Å². The summed E-state index contributed by atoms with van der Waals surface area (Å²) in [7, 11) is 0. The molecule has 0 aliphatic rings. The molecule has 0 radical (unpaired) electrons. The lowest BCUT2D eigenvalue weighted by Gasteiger charge is -2.40. The zero-order valence-electron chi connectivity index (χ0n) is 30.3. The number of hydrogen-bond acceptors (Lipinski definition) is 0. The molecule has 0 fully saturated rings. The Morgan fingerprint density at radius 3 is 0.524 bits per heavy atom. The van der Waals surface area contributed by atoms with E-state index in [1.54, 1.807) is 0 Å². The molecule has 0 aliphatic carbocycles. The number of rotatable bonds is 36. The molecule has 0 aromatic carbocycles. The van der Waals surface area contributed by atoms with Gasteiger partial charge < -0.3 is 21.5 Å². The maximum Gasteiger partial charge on any atom is 0.0786 e. The van der Waals surface area contributed by atoms with Crippen LogP contribution in [0.15, 0.2) is 0 Å². The van der Waals surface area contributed by atoms with E-state index in [-0.39, 0.29) is 17.0 Å². The molecule has 0 spiro atoms. The zero-order chi connectivity index (χ0) is 30.0. The highest BCUT2D eigenvalue weighted by molar-refractivity contribution is 4.55. The summed E-state index contributed by atoms with van der Waals surface area (Å²) in [6, 6.07) is 0. The van der Waals surface area contributed by atoms with Crippen molar-refractivity contribution in [2.75, 3.05) is 26.2 Å². The van der Waals surface area contributed by atoms with Gasteiger partial charge in [0.25, 0.3) is 0 Å². The van der Waals surface area contributed by atoms with E-state index in [4.69, 9.17) is 0 Å². The Kier molecular flexibility index (Phi) is 39.9. The van der Waals surface area contributed by atoms with Gasteiger partial charge in [-0.15, -0.1) is 0 Å². The summed E-state index contributed by atoms with van der Waals surface area (Å²) >= 11 is 0. The van der Waals surface area contributed by atoms with E-state index < -0.39 is 0 Å².